The van der Waals surface area contributed by atoms with E-state index >= 15 is 0 Å². The minimum atomic E-state index is -0.457. The summed E-state index contributed by atoms with van der Waals surface area (Å²) in [4.78, 5) is 29.3. The zero-order valence-corrected chi connectivity index (χ0v) is 14.5. The van der Waals surface area contributed by atoms with Crippen molar-refractivity contribution in [1.82, 2.24) is 10.3 Å². The average Bonchev–Trinajstić information content (AvgIpc) is 2.98. The fourth-order valence-corrected chi connectivity index (χ4v) is 3.96. The molecule has 2 aromatic rings. The Bertz CT molecular complexity index is 746. The van der Waals surface area contributed by atoms with E-state index < -0.39 is 5.91 Å². The summed E-state index contributed by atoms with van der Waals surface area (Å²) in [5.41, 5.74) is 7.17. The lowest BCUT2D eigenvalue weighted by Gasteiger charge is -2.22. The fourth-order valence-electron chi connectivity index (χ4n) is 3.02. The third-order valence-corrected chi connectivity index (χ3v) is 5.29. The van der Waals surface area contributed by atoms with Crippen molar-refractivity contribution in [2.24, 2.45) is 5.73 Å². The molecule has 2 heterocycles. The SMILES string of the molecule is Cc1nc(C(=O)C[C@H]2CCCCN2)c(-c2ccc(C(N)=O)cc2)s1. The molecule has 5 nitrogen and oxygen atoms in total. The molecule has 1 aromatic carbocycles. The van der Waals surface area contributed by atoms with Gasteiger partial charge in [0.2, 0.25) is 5.91 Å². The molecule has 6 heteroatoms. The number of nitrogens with one attached hydrogen (secondary N) is 1. The molecule has 1 fully saturated rings. The lowest BCUT2D eigenvalue weighted by molar-refractivity contribution is 0.0958. The summed E-state index contributed by atoms with van der Waals surface area (Å²) in [7, 11) is 0. The molecule has 1 aliphatic rings. The van der Waals surface area contributed by atoms with Gasteiger partial charge in [-0.1, -0.05) is 18.6 Å². The van der Waals surface area contributed by atoms with Crippen LogP contribution in [-0.4, -0.2) is 29.3 Å². The minimum Gasteiger partial charge on any atom is -0.366 e. The van der Waals surface area contributed by atoms with E-state index in [1.807, 2.05) is 19.1 Å². The molecule has 0 aliphatic carbocycles. The number of carbonyl (C=O) groups excluding carboxylic acids is 2. The number of carbonyl (C=O) groups is 2. The highest BCUT2D eigenvalue weighted by molar-refractivity contribution is 7.15. The van der Waals surface area contributed by atoms with Crippen LogP contribution in [0.3, 0.4) is 0 Å². The molecule has 1 aromatic heterocycles. The van der Waals surface area contributed by atoms with Crippen LogP contribution >= 0.6 is 11.3 Å². The summed E-state index contributed by atoms with van der Waals surface area (Å²) < 4.78 is 0. The Morgan fingerprint density at radius 3 is 2.67 bits per heavy atom. The van der Waals surface area contributed by atoms with Crippen molar-refractivity contribution >= 4 is 23.0 Å². The van der Waals surface area contributed by atoms with Crippen LogP contribution < -0.4 is 11.1 Å². The van der Waals surface area contributed by atoms with Crippen LogP contribution in [0.15, 0.2) is 24.3 Å². The van der Waals surface area contributed by atoms with E-state index in [2.05, 4.69) is 10.3 Å². The molecule has 3 rings (SSSR count). The molecule has 0 spiro atoms. The lowest BCUT2D eigenvalue weighted by Crippen LogP contribution is -2.35. The second-order valence-corrected chi connectivity index (χ2v) is 7.33. The molecule has 1 saturated heterocycles. The number of amides is 1. The number of Topliss-reactive ketones (excluding diaryl/α,β-unsaturated/α-hetero) is 1. The number of piperidine rings is 1. The molecule has 0 bridgehead atoms. The Labute approximate surface area is 145 Å². The Morgan fingerprint density at radius 2 is 2.04 bits per heavy atom. The van der Waals surface area contributed by atoms with Crippen LogP contribution in [0.5, 0.6) is 0 Å². The number of hydrogen-bond donors (Lipinski definition) is 2. The second-order valence-electron chi connectivity index (χ2n) is 6.13. The number of benzene rings is 1. The van der Waals surface area contributed by atoms with E-state index in [0.717, 1.165) is 28.4 Å². The van der Waals surface area contributed by atoms with E-state index in [1.165, 1.54) is 24.2 Å². The van der Waals surface area contributed by atoms with Gasteiger partial charge < -0.3 is 11.1 Å². The molecule has 0 saturated carbocycles. The molecule has 0 unspecified atom stereocenters. The molecule has 1 amide bonds. The van der Waals surface area contributed by atoms with Crippen molar-refractivity contribution in [3.05, 3.63) is 40.5 Å². The van der Waals surface area contributed by atoms with Crippen molar-refractivity contribution in [3.63, 3.8) is 0 Å². The minimum absolute atomic E-state index is 0.0766. The van der Waals surface area contributed by atoms with Gasteiger partial charge in [-0.05, 0) is 44.0 Å². The number of hydrogen-bond acceptors (Lipinski definition) is 5. The molecule has 1 atom stereocenters. The monoisotopic (exact) mass is 343 g/mol. The van der Waals surface area contributed by atoms with E-state index in [-0.39, 0.29) is 11.8 Å². The summed E-state index contributed by atoms with van der Waals surface area (Å²) in [6.07, 6.45) is 3.87. The number of ketones is 1. The first-order valence-corrected chi connectivity index (χ1v) is 9.00. The highest BCUT2D eigenvalue weighted by Gasteiger charge is 2.23. The molecule has 0 radical (unpaired) electrons. The van der Waals surface area contributed by atoms with E-state index in [4.69, 9.17) is 5.73 Å². The number of nitrogens with two attached hydrogens (primary N) is 1. The van der Waals surface area contributed by atoms with Crippen LogP contribution in [0.4, 0.5) is 0 Å². The maximum atomic E-state index is 12.7. The smallest absolute Gasteiger partial charge is 0.248 e. The standard InChI is InChI=1S/C18H21N3O2S/c1-11-21-16(15(22)10-14-4-2-3-9-20-14)17(24-11)12-5-7-13(8-6-12)18(19)23/h5-8,14,20H,2-4,9-10H2,1H3,(H2,19,23)/t14-/m1/s1. The number of aryl methyl sites for hydroxylation is 1. The molecular weight excluding hydrogens is 322 g/mol. The predicted octanol–water partition coefficient (Wildman–Crippen LogP) is 2.93. The van der Waals surface area contributed by atoms with Crippen molar-refractivity contribution in [3.8, 4) is 10.4 Å². The predicted molar refractivity (Wildman–Crippen MR) is 95.4 cm³/mol. The van der Waals surface area contributed by atoms with Gasteiger partial charge in [0.05, 0.1) is 9.88 Å². The van der Waals surface area contributed by atoms with E-state index in [0.29, 0.717) is 17.7 Å². The van der Waals surface area contributed by atoms with Gasteiger partial charge in [-0.25, -0.2) is 4.98 Å². The Morgan fingerprint density at radius 1 is 1.29 bits per heavy atom. The van der Waals surface area contributed by atoms with Gasteiger partial charge in [0.1, 0.15) is 5.69 Å². The third kappa shape index (κ3) is 3.71. The largest absolute Gasteiger partial charge is 0.366 e. The lowest BCUT2D eigenvalue weighted by atomic mass is 9.98. The van der Waals surface area contributed by atoms with Gasteiger partial charge >= 0.3 is 0 Å². The van der Waals surface area contributed by atoms with Gasteiger partial charge in [0.25, 0.3) is 0 Å². The van der Waals surface area contributed by atoms with Crippen LogP contribution in [0.25, 0.3) is 10.4 Å². The third-order valence-electron chi connectivity index (χ3n) is 4.27. The maximum Gasteiger partial charge on any atom is 0.248 e. The molecule has 1 aliphatic heterocycles. The molecule has 24 heavy (non-hydrogen) atoms. The summed E-state index contributed by atoms with van der Waals surface area (Å²) in [5, 5.41) is 4.27. The number of primary amides is 1. The van der Waals surface area contributed by atoms with Crippen LogP contribution in [0.1, 0.15) is 51.5 Å². The van der Waals surface area contributed by atoms with Crippen LogP contribution in [0, 0.1) is 6.92 Å². The van der Waals surface area contributed by atoms with Crippen LogP contribution in [-0.2, 0) is 0 Å². The van der Waals surface area contributed by atoms with Crippen molar-refractivity contribution in [2.75, 3.05) is 6.54 Å². The highest BCUT2D eigenvalue weighted by Crippen LogP contribution is 2.31. The number of thiazole rings is 1. The van der Waals surface area contributed by atoms with Crippen LogP contribution in [0.2, 0.25) is 0 Å². The number of nitrogens with zero attached hydrogens (tertiary/aromatic N) is 1. The summed E-state index contributed by atoms with van der Waals surface area (Å²) in [6.45, 7) is 2.89. The van der Waals surface area contributed by atoms with Crippen molar-refractivity contribution < 1.29 is 9.59 Å². The first-order valence-electron chi connectivity index (χ1n) is 8.19. The first kappa shape index (κ1) is 16.8. The Kier molecular flexibility index (Phi) is 5.06. The molecule has 3 N–H and O–H groups in total. The quantitative estimate of drug-likeness (QED) is 0.818. The topological polar surface area (TPSA) is 85.1 Å². The van der Waals surface area contributed by atoms with Gasteiger partial charge in [-0.2, -0.15) is 0 Å². The van der Waals surface area contributed by atoms with E-state index in [9.17, 15) is 9.59 Å². The summed E-state index contributed by atoms with van der Waals surface area (Å²) in [5.74, 6) is -0.380. The average molecular weight is 343 g/mol. The zero-order chi connectivity index (χ0) is 17.1. The Hall–Kier alpha value is -2.05. The highest BCUT2D eigenvalue weighted by atomic mass is 32.1. The van der Waals surface area contributed by atoms with Gasteiger partial charge in [0, 0.05) is 18.0 Å². The number of aromatic nitrogens is 1. The van der Waals surface area contributed by atoms with Crippen molar-refractivity contribution in [2.45, 2.75) is 38.6 Å². The maximum absolute atomic E-state index is 12.7. The van der Waals surface area contributed by atoms with Crippen molar-refractivity contribution in [1.29, 1.82) is 0 Å². The van der Waals surface area contributed by atoms with Gasteiger partial charge in [-0.15, -0.1) is 11.3 Å². The molecule has 126 valence electrons. The fraction of sp³-hybridized carbons (Fsp3) is 0.389. The number of rotatable bonds is 5. The van der Waals surface area contributed by atoms with Gasteiger partial charge in [0.15, 0.2) is 5.78 Å². The normalized spacial score (nSPS) is 17.6. The first-order chi connectivity index (χ1) is 11.5. The zero-order valence-electron chi connectivity index (χ0n) is 13.7. The molecular formula is C18H21N3O2S. The second kappa shape index (κ2) is 7.23. The van der Waals surface area contributed by atoms with Gasteiger partial charge in [-0.3, -0.25) is 9.59 Å². The van der Waals surface area contributed by atoms with E-state index in [1.54, 1.807) is 12.1 Å². The summed E-state index contributed by atoms with van der Waals surface area (Å²) >= 11 is 1.50. The Balaban J connectivity index is 1.84. The summed E-state index contributed by atoms with van der Waals surface area (Å²) in [6, 6.07) is 7.26.